The third-order valence-corrected chi connectivity index (χ3v) is 3.27. The second-order valence-electron chi connectivity index (χ2n) is 4.44. The van der Waals surface area contributed by atoms with E-state index in [1.54, 1.807) is 0 Å². The molecule has 1 aliphatic rings. The Balaban J connectivity index is 1.79. The fraction of sp³-hybridized carbons (Fsp3) is 0.455. The van der Waals surface area contributed by atoms with Crippen LogP contribution in [0.3, 0.4) is 0 Å². The van der Waals surface area contributed by atoms with Gasteiger partial charge in [0, 0.05) is 0 Å². The van der Waals surface area contributed by atoms with Crippen molar-refractivity contribution in [3.05, 3.63) is 11.5 Å². The molecule has 1 amide bonds. The molecule has 19 heavy (non-hydrogen) atoms. The Bertz CT molecular complexity index is 629. The number of halogens is 1. The first-order valence-electron chi connectivity index (χ1n) is 5.96. The van der Waals surface area contributed by atoms with Crippen LogP contribution in [0.2, 0.25) is 5.15 Å². The predicted octanol–water partition coefficient (Wildman–Crippen LogP) is 1.51. The number of fused-ring (bicyclic) bond motifs is 1. The average molecular weight is 282 g/mol. The molecule has 0 aliphatic carbocycles. The Kier molecular flexibility index (Phi) is 3.08. The first-order chi connectivity index (χ1) is 9.13. The first-order valence-corrected chi connectivity index (χ1v) is 6.34. The van der Waals surface area contributed by atoms with E-state index in [9.17, 15) is 4.79 Å². The van der Waals surface area contributed by atoms with Crippen LogP contribution in [0, 0.1) is 0 Å². The second kappa shape index (κ2) is 4.75. The van der Waals surface area contributed by atoms with Crippen LogP contribution in [0.25, 0.3) is 11.2 Å². The van der Waals surface area contributed by atoms with E-state index in [1.165, 1.54) is 6.33 Å². The van der Waals surface area contributed by atoms with Crippen molar-refractivity contribution in [3.63, 3.8) is 0 Å². The minimum atomic E-state index is -0.452. The van der Waals surface area contributed by atoms with Gasteiger partial charge in [0.2, 0.25) is 5.95 Å². The maximum absolute atomic E-state index is 12.0. The van der Waals surface area contributed by atoms with Gasteiger partial charge in [0.05, 0.1) is 12.4 Å². The topological polar surface area (TPSA) is 92.8 Å². The molecular weight excluding hydrogens is 270 g/mol. The predicted molar refractivity (Wildman–Crippen MR) is 68.9 cm³/mol. The molecule has 2 aromatic rings. The van der Waals surface area contributed by atoms with E-state index in [-0.39, 0.29) is 23.1 Å². The molecule has 3 heterocycles. The van der Waals surface area contributed by atoms with Gasteiger partial charge in [-0.3, -0.25) is 10.1 Å². The van der Waals surface area contributed by atoms with Crippen LogP contribution >= 0.6 is 11.6 Å². The molecule has 0 aromatic carbocycles. The fourth-order valence-electron chi connectivity index (χ4n) is 2.04. The number of carbonyl (C=O) groups is 1. The van der Waals surface area contributed by atoms with Crippen molar-refractivity contribution in [1.82, 2.24) is 19.9 Å². The van der Waals surface area contributed by atoms with Gasteiger partial charge in [-0.05, 0) is 19.8 Å². The summed E-state index contributed by atoms with van der Waals surface area (Å²) in [6.45, 7) is 1.94. The van der Waals surface area contributed by atoms with Crippen LogP contribution in [-0.2, 0) is 9.53 Å². The number of imidazole rings is 1. The first kappa shape index (κ1) is 12.3. The third-order valence-electron chi connectivity index (χ3n) is 3.00. The van der Waals surface area contributed by atoms with Crippen molar-refractivity contribution in [1.29, 1.82) is 0 Å². The Labute approximate surface area is 113 Å². The Hall–Kier alpha value is -1.73. The molecule has 100 valence electrons. The summed E-state index contributed by atoms with van der Waals surface area (Å²) in [6.07, 6.45) is 2.70. The molecule has 2 aromatic heterocycles. The lowest BCUT2D eigenvalue weighted by Crippen LogP contribution is -2.28. The van der Waals surface area contributed by atoms with E-state index in [1.807, 2.05) is 6.92 Å². The maximum atomic E-state index is 12.0. The van der Waals surface area contributed by atoms with Crippen molar-refractivity contribution in [2.75, 3.05) is 5.32 Å². The van der Waals surface area contributed by atoms with Gasteiger partial charge < -0.3 is 9.72 Å². The maximum Gasteiger partial charge on any atom is 0.255 e. The number of carbonyl (C=O) groups excluding carboxylic acids is 1. The molecule has 2 unspecified atom stereocenters. The number of nitrogens with one attached hydrogen (secondary N) is 2. The monoisotopic (exact) mass is 281 g/mol. The number of hydrogen-bond donors (Lipinski definition) is 2. The van der Waals surface area contributed by atoms with Crippen LogP contribution in [0.15, 0.2) is 6.33 Å². The number of aromatic nitrogens is 4. The lowest BCUT2D eigenvalue weighted by molar-refractivity contribution is -0.126. The summed E-state index contributed by atoms with van der Waals surface area (Å²) < 4.78 is 5.48. The Morgan fingerprint density at radius 2 is 2.37 bits per heavy atom. The standard InChI is InChI=1S/C11H12ClN5O2/c1-5-2-3-6(19-5)10(18)17-11-15-8(12)7-9(16-11)14-4-13-7/h4-6H,2-3H2,1H3,(H2,13,14,15,16,17,18). The van der Waals surface area contributed by atoms with Crippen molar-refractivity contribution in [3.8, 4) is 0 Å². The minimum absolute atomic E-state index is 0.106. The summed E-state index contributed by atoms with van der Waals surface area (Å²) in [4.78, 5) is 26.9. The van der Waals surface area contributed by atoms with Crippen LogP contribution in [0.4, 0.5) is 5.95 Å². The molecule has 7 nitrogen and oxygen atoms in total. The largest absolute Gasteiger partial charge is 0.365 e. The number of ether oxygens (including phenoxy) is 1. The highest BCUT2D eigenvalue weighted by molar-refractivity contribution is 6.33. The van der Waals surface area contributed by atoms with E-state index in [2.05, 4.69) is 25.3 Å². The van der Waals surface area contributed by atoms with Crippen LogP contribution < -0.4 is 5.32 Å². The lowest BCUT2D eigenvalue weighted by atomic mass is 10.2. The van der Waals surface area contributed by atoms with Crippen molar-refractivity contribution in [2.24, 2.45) is 0 Å². The summed E-state index contributed by atoms with van der Waals surface area (Å²) in [5.74, 6) is -0.118. The highest BCUT2D eigenvalue weighted by atomic mass is 35.5. The number of amides is 1. The van der Waals surface area contributed by atoms with Crippen molar-refractivity contribution < 1.29 is 9.53 Å². The molecule has 2 atom stereocenters. The minimum Gasteiger partial charge on any atom is -0.365 e. The molecule has 1 aliphatic heterocycles. The van der Waals surface area contributed by atoms with Gasteiger partial charge in [-0.25, -0.2) is 4.98 Å². The number of aromatic amines is 1. The summed E-state index contributed by atoms with van der Waals surface area (Å²) in [5, 5.41) is 2.82. The van der Waals surface area contributed by atoms with Gasteiger partial charge in [-0.15, -0.1) is 0 Å². The smallest absolute Gasteiger partial charge is 0.255 e. The Morgan fingerprint density at radius 3 is 3.11 bits per heavy atom. The Morgan fingerprint density at radius 1 is 1.53 bits per heavy atom. The van der Waals surface area contributed by atoms with Crippen LogP contribution in [0.5, 0.6) is 0 Å². The number of anilines is 1. The van der Waals surface area contributed by atoms with Gasteiger partial charge in [0.1, 0.15) is 11.6 Å². The van der Waals surface area contributed by atoms with E-state index < -0.39 is 6.10 Å². The van der Waals surface area contributed by atoms with Gasteiger partial charge >= 0.3 is 0 Å². The summed E-state index contributed by atoms with van der Waals surface area (Å²) in [5.41, 5.74) is 0.960. The highest BCUT2D eigenvalue weighted by Gasteiger charge is 2.28. The zero-order valence-electron chi connectivity index (χ0n) is 10.2. The average Bonchev–Trinajstić information content (AvgIpc) is 2.97. The fourth-order valence-corrected chi connectivity index (χ4v) is 2.26. The third kappa shape index (κ3) is 2.39. The van der Waals surface area contributed by atoms with Crippen LogP contribution in [0.1, 0.15) is 19.8 Å². The zero-order chi connectivity index (χ0) is 13.4. The van der Waals surface area contributed by atoms with Gasteiger partial charge in [-0.2, -0.15) is 9.97 Å². The summed E-state index contributed by atoms with van der Waals surface area (Å²) in [6, 6.07) is 0. The SMILES string of the molecule is CC1CCC(C(=O)Nc2nc(Cl)c3[nH]cnc3n2)O1. The van der Waals surface area contributed by atoms with Gasteiger partial charge in [-0.1, -0.05) is 11.6 Å². The number of nitrogens with zero attached hydrogens (tertiary/aromatic N) is 3. The second-order valence-corrected chi connectivity index (χ2v) is 4.80. The molecule has 1 saturated heterocycles. The van der Waals surface area contributed by atoms with E-state index in [0.717, 1.165) is 6.42 Å². The zero-order valence-corrected chi connectivity index (χ0v) is 10.9. The quantitative estimate of drug-likeness (QED) is 0.814. The molecule has 2 N–H and O–H groups in total. The molecule has 0 saturated carbocycles. The van der Waals surface area contributed by atoms with E-state index >= 15 is 0 Å². The number of H-pyrrole nitrogens is 1. The van der Waals surface area contributed by atoms with E-state index in [0.29, 0.717) is 17.6 Å². The summed E-state index contributed by atoms with van der Waals surface area (Å²) >= 11 is 5.96. The normalized spacial score (nSPS) is 22.8. The molecule has 0 radical (unpaired) electrons. The van der Waals surface area contributed by atoms with Crippen LogP contribution in [-0.4, -0.2) is 38.1 Å². The number of hydrogen-bond acceptors (Lipinski definition) is 5. The molecular formula is C11H12ClN5O2. The van der Waals surface area contributed by atoms with Gasteiger partial charge in [0.15, 0.2) is 10.8 Å². The highest BCUT2D eigenvalue weighted by Crippen LogP contribution is 2.21. The lowest BCUT2D eigenvalue weighted by Gasteiger charge is -2.10. The van der Waals surface area contributed by atoms with Crippen molar-refractivity contribution in [2.45, 2.75) is 32.0 Å². The number of rotatable bonds is 2. The van der Waals surface area contributed by atoms with Crippen molar-refractivity contribution >= 4 is 34.6 Å². The summed E-state index contributed by atoms with van der Waals surface area (Å²) in [7, 11) is 0. The van der Waals surface area contributed by atoms with Gasteiger partial charge in [0.25, 0.3) is 5.91 Å². The molecule has 3 rings (SSSR count). The molecule has 1 fully saturated rings. The molecule has 0 bridgehead atoms. The molecule has 0 spiro atoms. The van der Waals surface area contributed by atoms with E-state index in [4.69, 9.17) is 16.3 Å². The molecule has 8 heteroatoms.